The number of carbonyl (C=O) groups is 1. The summed E-state index contributed by atoms with van der Waals surface area (Å²) < 4.78 is 10.5. The molecule has 0 spiro atoms. The highest BCUT2D eigenvalue weighted by Gasteiger charge is 2.18. The summed E-state index contributed by atoms with van der Waals surface area (Å²) in [5, 5.41) is 10.9. The van der Waals surface area contributed by atoms with E-state index in [1.165, 1.54) is 12.1 Å². The average Bonchev–Trinajstić information content (AvgIpc) is 2.64. The van der Waals surface area contributed by atoms with Gasteiger partial charge in [-0.2, -0.15) is 0 Å². The second-order valence-corrected chi connectivity index (χ2v) is 5.77. The van der Waals surface area contributed by atoms with Gasteiger partial charge < -0.3 is 14.4 Å². The van der Waals surface area contributed by atoms with Crippen LogP contribution < -0.4 is 9.47 Å². The van der Waals surface area contributed by atoms with Gasteiger partial charge in [0.2, 0.25) is 0 Å². The van der Waals surface area contributed by atoms with Gasteiger partial charge in [-0.15, -0.1) is 0 Å². The fraction of sp³-hybridized carbons (Fsp3) is 0.316. The molecule has 138 valence electrons. The van der Waals surface area contributed by atoms with Crippen molar-refractivity contribution in [3.8, 4) is 11.5 Å². The summed E-state index contributed by atoms with van der Waals surface area (Å²) in [6, 6.07) is 9.91. The third-order valence-electron chi connectivity index (χ3n) is 4.13. The molecule has 7 nitrogen and oxygen atoms in total. The molecule has 26 heavy (non-hydrogen) atoms. The lowest BCUT2D eigenvalue weighted by Gasteiger charge is -2.22. The van der Waals surface area contributed by atoms with Crippen LogP contribution in [0.2, 0.25) is 0 Å². The molecule has 0 aromatic heterocycles. The molecule has 0 unspecified atom stereocenters. The molecular formula is C19H22N2O5. The maximum Gasteiger partial charge on any atom is 0.272 e. The van der Waals surface area contributed by atoms with Gasteiger partial charge in [0.25, 0.3) is 11.6 Å². The van der Waals surface area contributed by atoms with Crippen molar-refractivity contribution in [2.75, 3.05) is 20.8 Å². The van der Waals surface area contributed by atoms with Gasteiger partial charge in [-0.1, -0.05) is 6.07 Å². The number of aryl methyl sites for hydroxylation is 1. The average molecular weight is 358 g/mol. The van der Waals surface area contributed by atoms with E-state index < -0.39 is 4.92 Å². The quantitative estimate of drug-likeness (QED) is 0.558. The minimum absolute atomic E-state index is 0.00416. The van der Waals surface area contributed by atoms with Gasteiger partial charge in [0.15, 0.2) is 11.5 Å². The monoisotopic (exact) mass is 358 g/mol. The fourth-order valence-electron chi connectivity index (χ4n) is 2.70. The number of nitrogens with zero attached hydrogens (tertiary/aromatic N) is 2. The Morgan fingerprint density at radius 1 is 1.12 bits per heavy atom. The highest BCUT2D eigenvalue weighted by Crippen LogP contribution is 2.28. The van der Waals surface area contributed by atoms with Gasteiger partial charge in [-0.05, 0) is 43.7 Å². The van der Waals surface area contributed by atoms with Gasteiger partial charge in [0.1, 0.15) is 0 Å². The third kappa shape index (κ3) is 4.11. The first-order chi connectivity index (χ1) is 12.4. The molecule has 0 aliphatic heterocycles. The molecule has 0 radical (unpaired) electrons. The zero-order valence-corrected chi connectivity index (χ0v) is 15.3. The van der Waals surface area contributed by atoms with E-state index >= 15 is 0 Å². The number of rotatable bonds is 7. The number of ether oxygens (including phenoxy) is 2. The summed E-state index contributed by atoms with van der Waals surface area (Å²) in [6.07, 6.45) is 0. The molecule has 2 rings (SSSR count). The van der Waals surface area contributed by atoms with E-state index in [0.717, 1.165) is 5.56 Å². The van der Waals surface area contributed by atoms with Crippen molar-refractivity contribution in [1.29, 1.82) is 0 Å². The van der Waals surface area contributed by atoms with Crippen molar-refractivity contribution in [3.05, 3.63) is 63.2 Å². The van der Waals surface area contributed by atoms with Gasteiger partial charge in [0.05, 0.1) is 19.1 Å². The van der Waals surface area contributed by atoms with E-state index in [1.54, 1.807) is 38.2 Å². The van der Waals surface area contributed by atoms with Crippen molar-refractivity contribution in [1.82, 2.24) is 4.90 Å². The highest BCUT2D eigenvalue weighted by atomic mass is 16.6. The zero-order chi connectivity index (χ0) is 19.3. The van der Waals surface area contributed by atoms with Crippen LogP contribution in [0.1, 0.15) is 28.4 Å². The normalized spacial score (nSPS) is 10.3. The largest absolute Gasteiger partial charge is 0.493 e. The number of hydrogen-bond acceptors (Lipinski definition) is 5. The lowest BCUT2D eigenvalue weighted by Crippen LogP contribution is -2.30. The Balaban J connectivity index is 2.24. The lowest BCUT2D eigenvalue weighted by molar-refractivity contribution is -0.385. The number of nitro groups is 1. The molecule has 0 atom stereocenters. The summed E-state index contributed by atoms with van der Waals surface area (Å²) in [7, 11) is 3.13. The number of methoxy groups -OCH3 is 2. The van der Waals surface area contributed by atoms with Gasteiger partial charge in [-0.3, -0.25) is 14.9 Å². The molecule has 0 saturated carbocycles. The highest BCUT2D eigenvalue weighted by molar-refractivity contribution is 5.94. The van der Waals surface area contributed by atoms with Crippen LogP contribution in [-0.2, 0) is 6.54 Å². The summed E-state index contributed by atoms with van der Waals surface area (Å²) in [5.74, 6) is 1.04. The van der Waals surface area contributed by atoms with Crippen molar-refractivity contribution in [2.45, 2.75) is 20.4 Å². The van der Waals surface area contributed by atoms with Gasteiger partial charge in [-0.25, -0.2) is 0 Å². The van der Waals surface area contributed by atoms with Crippen molar-refractivity contribution in [3.63, 3.8) is 0 Å². The number of carbonyl (C=O) groups excluding carboxylic acids is 1. The molecule has 2 aromatic carbocycles. The molecular weight excluding hydrogens is 336 g/mol. The topological polar surface area (TPSA) is 81.9 Å². The standard InChI is InChI=1S/C19H22N2O5/c1-5-20(12-14-6-9-17(25-3)18(11-14)26-4)19(22)15-7-8-16(21(23)24)13(2)10-15/h6-11H,5,12H2,1-4H3. The number of hydrogen-bond donors (Lipinski definition) is 0. The first-order valence-corrected chi connectivity index (χ1v) is 8.16. The molecule has 0 aliphatic carbocycles. The van der Waals surface area contributed by atoms with E-state index in [9.17, 15) is 14.9 Å². The van der Waals surface area contributed by atoms with Crippen LogP contribution >= 0.6 is 0 Å². The van der Waals surface area contributed by atoms with Crippen LogP contribution in [0, 0.1) is 17.0 Å². The minimum atomic E-state index is -0.454. The number of benzene rings is 2. The smallest absolute Gasteiger partial charge is 0.272 e. The fourth-order valence-corrected chi connectivity index (χ4v) is 2.70. The Hall–Kier alpha value is -3.09. The molecule has 2 aromatic rings. The van der Waals surface area contributed by atoms with Crippen molar-refractivity contribution >= 4 is 11.6 Å². The van der Waals surface area contributed by atoms with E-state index in [-0.39, 0.29) is 11.6 Å². The first-order valence-electron chi connectivity index (χ1n) is 8.16. The zero-order valence-electron chi connectivity index (χ0n) is 15.3. The predicted molar refractivity (Wildman–Crippen MR) is 97.8 cm³/mol. The van der Waals surface area contributed by atoms with E-state index in [4.69, 9.17) is 9.47 Å². The summed E-state index contributed by atoms with van der Waals surface area (Å²) in [6.45, 7) is 4.41. The van der Waals surface area contributed by atoms with E-state index in [2.05, 4.69) is 0 Å². The van der Waals surface area contributed by atoms with Gasteiger partial charge >= 0.3 is 0 Å². The Morgan fingerprint density at radius 3 is 2.35 bits per heavy atom. The Bertz CT molecular complexity index is 820. The van der Waals surface area contributed by atoms with Crippen LogP contribution in [0.25, 0.3) is 0 Å². The van der Waals surface area contributed by atoms with Crippen LogP contribution in [0.3, 0.4) is 0 Å². The minimum Gasteiger partial charge on any atom is -0.493 e. The van der Waals surface area contributed by atoms with Crippen LogP contribution in [0.4, 0.5) is 5.69 Å². The Labute approximate surface area is 152 Å². The van der Waals surface area contributed by atoms with Crippen LogP contribution in [0.5, 0.6) is 11.5 Å². The first kappa shape index (κ1) is 19.2. The maximum absolute atomic E-state index is 12.8. The van der Waals surface area contributed by atoms with Gasteiger partial charge in [0, 0.05) is 30.3 Å². The number of nitro benzene ring substituents is 1. The van der Waals surface area contributed by atoms with E-state index in [0.29, 0.717) is 35.7 Å². The predicted octanol–water partition coefficient (Wildman–Crippen LogP) is 3.58. The molecule has 0 aliphatic rings. The lowest BCUT2D eigenvalue weighted by atomic mass is 10.1. The molecule has 0 fully saturated rings. The second kappa shape index (κ2) is 8.33. The van der Waals surface area contributed by atoms with Crippen molar-refractivity contribution in [2.24, 2.45) is 0 Å². The Kier molecular flexibility index (Phi) is 6.16. The third-order valence-corrected chi connectivity index (χ3v) is 4.13. The molecule has 0 heterocycles. The molecule has 0 saturated heterocycles. The van der Waals surface area contributed by atoms with Crippen LogP contribution in [-0.4, -0.2) is 36.5 Å². The molecule has 0 bridgehead atoms. The molecule has 1 amide bonds. The summed E-state index contributed by atoms with van der Waals surface area (Å²) in [5.41, 5.74) is 1.79. The van der Waals surface area contributed by atoms with Crippen molar-refractivity contribution < 1.29 is 19.2 Å². The summed E-state index contributed by atoms with van der Waals surface area (Å²) >= 11 is 0. The second-order valence-electron chi connectivity index (χ2n) is 5.77. The van der Waals surface area contributed by atoms with E-state index in [1.807, 2.05) is 19.1 Å². The summed E-state index contributed by atoms with van der Waals surface area (Å²) in [4.78, 5) is 24.9. The maximum atomic E-state index is 12.8. The van der Waals surface area contributed by atoms with Crippen LogP contribution in [0.15, 0.2) is 36.4 Å². The Morgan fingerprint density at radius 2 is 1.81 bits per heavy atom. The number of amides is 1. The SMILES string of the molecule is CCN(Cc1ccc(OC)c(OC)c1)C(=O)c1ccc([N+](=O)[O-])c(C)c1. The molecule has 0 N–H and O–H groups in total. The molecule has 7 heteroatoms.